The average molecular weight is 267 g/mol. The van der Waals surface area contributed by atoms with Crippen molar-refractivity contribution in [2.75, 3.05) is 24.7 Å². The molecule has 1 aromatic rings. The van der Waals surface area contributed by atoms with Crippen LogP contribution in [0.4, 0.5) is 0 Å². The summed E-state index contributed by atoms with van der Waals surface area (Å²) in [6.07, 6.45) is 2.51. The van der Waals surface area contributed by atoms with E-state index in [1.807, 2.05) is 30.0 Å². The fourth-order valence-corrected chi connectivity index (χ4v) is 3.21. The lowest BCUT2D eigenvalue weighted by Gasteiger charge is -2.23. The van der Waals surface area contributed by atoms with Gasteiger partial charge in [-0.1, -0.05) is 18.2 Å². The Hall–Kier alpha value is -0.710. The van der Waals surface area contributed by atoms with Crippen LogP contribution in [-0.2, 0) is 6.54 Å². The normalized spacial score (nSPS) is 16.7. The zero-order valence-corrected chi connectivity index (χ0v) is 11.4. The summed E-state index contributed by atoms with van der Waals surface area (Å²) in [4.78, 5) is 0. The van der Waals surface area contributed by atoms with Crippen LogP contribution in [0, 0.1) is 0 Å². The maximum atomic E-state index is 8.81. The van der Waals surface area contributed by atoms with Crippen molar-refractivity contribution in [3.63, 3.8) is 0 Å². The predicted octanol–water partition coefficient (Wildman–Crippen LogP) is 2.04. The summed E-state index contributed by atoms with van der Waals surface area (Å²) in [5.41, 5.74) is 1.17. The van der Waals surface area contributed by atoms with Gasteiger partial charge >= 0.3 is 0 Å². The van der Waals surface area contributed by atoms with E-state index in [2.05, 4.69) is 11.4 Å². The molecule has 100 valence electrons. The van der Waals surface area contributed by atoms with Crippen LogP contribution in [0.2, 0.25) is 0 Å². The van der Waals surface area contributed by atoms with Gasteiger partial charge in [-0.2, -0.15) is 11.8 Å². The van der Waals surface area contributed by atoms with Crippen molar-refractivity contribution in [2.45, 2.75) is 25.4 Å². The minimum Gasteiger partial charge on any atom is -0.491 e. The summed E-state index contributed by atoms with van der Waals surface area (Å²) in [5, 5.41) is 12.4. The fourth-order valence-electron chi connectivity index (χ4n) is 2.10. The number of ether oxygens (including phenoxy) is 1. The van der Waals surface area contributed by atoms with E-state index < -0.39 is 0 Å². The second-order valence-corrected chi connectivity index (χ2v) is 5.67. The molecule has 0 saturated carbocycles. The van der Waals surface area contributed by atoms with E-state index in [1.54, 1.807) is 0 Å². The molecule has 2 N–H and O–H groups in total. The van der Waals surface area contributed by atoms with Gasteiger partial charge in [0.15, 0.2) is 0 Å². The minimum atomic E-state index is 0.0572. The molecule has 0 amide bonds. The molecule has 1 saturated heterocycles. The zero-order chi connectivity index (χ0) is 12.6. The minimum absolute atomic E-state index is 0.0572. The molecule has 0 aromatic heterocycles. The molecule has 4 heteroatoms. The summed E-state index contributed by atoms with van der Waals surface area (Å²) in [6, 6.07) is 8.67. The van der Waals surface area contributed by atoms with Crippen LogP contribution in [0.3, 0.4) is 0 Å². The Morgan fingerprint density at radius 2 is 2.06 bits per heavy atom. The first-order chi connectivity index (χ1) is 8.90. The molecular formula is C14H21NO2S. The van der Waals surface area contributed by atoms with Gasteiger partial charge in [0.25, 0.3) is 0 Å². The number of hydrogen-bond donors (Lipinski definition) is 2. The largest absolute Gasteiger partial charge is 0.491 e. The maximum Gasteiger partial charge on any atom is 0.123 e. The van der Waals surface area contributed by atoms with Gasteiger partial charge in [-0.05, 0) is 30.4 Å². The van der Waals surface area contributed by atoms with E-state index in [0.29, 0.717) is 12.6 Å². The molecule has 1 heterocycles. The standard InChI is InChI=1S/C14H21NO2S/c16-7-8-17-14-4-2-1-3-12(14)11-15-13-5-9-18-10-6-13/h1-4,13,15-16H,5-11H2. The van der Waals surface area contributed by atoms with Gasteiger partial charge in [-0.15, -0.1) is 0 Å². The third-order valence-corrected chi connectivity index (χ3v) is 4.17. The van der Waals surface area contributed by atoms with Crippen molar-refractivity contribution in [3.05, 3.63) is 29.8 Å². The number of hydrogen-bond acceptors (Lipinski definition) is 4. The number of thioether (sulfide) groups is 1. The van der Waals surface area contributed by atoms with E-state index in [4.69, 9.17) is 9.84 Å². The summed E-state index contributed by atoms with van der Waals surface area (Å²) >= 11 is 2.04. The van der Waals surface area contributed by atoms with Gasteiger partial charge in [0.05, 0.1) is 6.61 Å². The number of benzene rings is 1. The molecule has 0 bridgehead atoms. The molecule has 1 aliphatic rings. The van der Waals surface area contributed by atoms with E-state index in [0.717, 1.165) is 12.3 Å². The maximum absolute atomic E-state index is 8.81. The van der Waals surface area contributed by atoms with Crippen molar-refractivity contribution >= 4 is 11.8 Å². The molecule has 0 spiro atoms. The average Bonchev–Trinajstić information content (AvgIpc) is 2.45. The highest BCUT2D eigenvalue weighted by molar-refractivity contribution is 7.99. The van der Waals surface area contributed by atoms with Gasteiger partial charge in [-0.3, -0.25) is 0 Å². The first kappa shape index (κ1) is 13.7. The summed E-state index contributed by atoms with van der Waals surface area (Å²) in [5.74, 6) is 3.41. The van der Waals surface area contributed by atoms with E-state index >= 15 is 0 Å². The lowest BCUT2D eigenvalue weighted by atomic mass is 10.1. The Kier molecular flexibility index (Phi) is 5.84. The van der Waals surface area contributed by atoms with Crippen LogP contribution in [0.15, 0.2) is 24.3 Å². The van der Waals surface area contributed by atoms with Crippen molar-refractivity contribution in [1.29, 1.82) is 0 Å². The summed E-state index contributed by atoms with van der Waals surface area (Å²) < 4.78 is 5.53. The third kappa shape index (κ3) is 4.19. The first-order valence-electron chi connectivity index (χ1n) is 6.53. The topological polar surface area (TPSA) is 41.5 Å². The van der Waals surface area contributed by atoms with Gasteiger partial charge < -0.3 is 15.2 Å². The Morgan fingerprint density at radius 1 is 1.28 bits per heavy atom. The molecule has 0 aliphatic carbocycles. The lowest BCUT2D eigenvalue weighted by molar-refractivity contribution is 0.200. The Bertz CT molecular complexity index is 353. The van der Waals surface area contributed by atoms with E-state index in [-0.39, 0.29) is 6.61 Å². The number of para-hydroxylation sites is 1. The van der Waals surface area contributed by atoms with Crippen molar-refractivity contribution in [2.24, 2.45) is 0 Å². The van der Waals surface area contributed by atoms with Gasteiger partial charge in [0.2, 0.25) is 0 Å². The van der Waals surface area contributed by atoms with Crippen molar-refractivity contribution in [1.82, 2.24) is 5.32 Å². The van der Waals surface area contributed by atoms with Crippen molar-refractivity contribution < 1.29 is 9.84 Å². The number of aliphatic hydroxyl groups is 1. The van der Waals surface area contributed by atoms with Crippen molar-refractivity contribution in [3.8, 4) is 5.75 Å². The highest BCUT2D eigenvalue weighted by atomic mass is 32.2. The van der Waals surface area contributed by atoms with E-state index in [1.165, 1.54) is 29.9 Å². The summed E-state index contributed by atoms with van der Waals surface area (Å²) in [6.45, 7) is 1.26. The molecule has 0 radical (unpaired) electrons. The smallest absolute Gasteiger partial charge is 0.123 e. The molecule has 1 aliphatic heterocycles. The van der Waals surface area contributed by atoms with Crippen LogP contribution in [0.25, 0.3) is 0 Å². The predicted molar refractivity (Wildman–Crippen MR) is 76.2 cm³/mol. The Labute approximate surface area is 113 Å². The van der Waals surface area contributed by atoms with Crippen LogP contribution in [-0.4, -0.2) is 35.9 Å². The van der Waals surface area contributed by atoms with Gasteiger partial charge in [0, 0.05) is 18.2 Å². The van der Waals surface area contributed by atoms with Gasteiger partial charge in [0.1, 0.15) is 12.4 Å². The second kappa shape index (κ2) is 7.67. The van der Waals surface area contributed by atoms with Crippen LogP contribution in [0.5, 0.6) is 5.75 Å². The summed E-state index contributed by atoms with van der Waals surface area (Å²) in [7, 11) is 0. The highest BCUT2D eigenvalue weighted by Crippen LogP contribution is 2.20. The molecule has 1 aromatic carbocycles. The molecule has 0 unspecified atom stereocenters. The Morgan fingerprint density at radius 3 is 2.83 bits per heavy atom. The lowest BCUT2D eigenvalue weighted by Crippen LogP contribution is -2.32. The number of nitrogens with one attached hydrogen (secondary N) is 1. The first-order valence-corrected chi connectivity index (χ1v) is 7.68. The Balaban J connectivity index is 1.87. The zero-order valence-electron chi connectivity index (χ0n) is 10.6. The van der Waals surface area contributed by atoms with Crippen LogP contribution in [0.1, 0.15) is 18.4 Å². The van der Waals surface area contributed by atoms with Crippen LogP contribution >= 0.6 is 11.8 Å². The SMILES string of the molecule is OCCOc1ccccc1CNC1CCSCC1. The van der Waals surface area contributed by atoms with Crippen LogP contribution < -0.4 is 10.1 Å². The third-order valence-electron chi connectivity index (χ3n) is 3.12. The molecule has 0 atom stereocenters. The second-order valence-electron chi connectivity index (χ2n) is 4.45. The number of rotatable bonds is 6. The molecule has 3 nitrogen and oxygen atoms in total. The van der Waals surface area contributed by atoms with Gasteiger partial charge in [-0.25, -0.2) is 0 Å². The number of aliphatic hydroxyl groups excluding tert-OH is 1. The molecule has 1 fully saturated rings. The quantitative estimate of drug-likeness (QED) is 0.827. The molecule has 2 rings (SSSR count). The monoisotopic (exact) mass is 267 g/mol. The fraction of sp³-hybridized carbons (Fsp3) is 0.571. The van der Waals surface area contributed by atoms with E-state index in [9.17, 15) is 0 Å². The molecule has 18 heavy (non-hydrogen) atoms. The highest BCUT2D eigenvalue weighted by Gasteiger charge is 2.13. The molecular weight excluding hydrogens is 246 g/mol.